The van der Waals surface area contributed by atoms with Crippen molar-refractivity contribution in [1.82, 2.24) is 5.32 Å². The zero-order chi connectivity index (χ0) is 28.7. The van der Waals surface area contributed by atoms with Crippen LogP contribution in [0.15, 0.2) is 78.4 Å². The van der Waals surface area contributed by atoms with Gasteiger partial charge in [0.2, 0.25) is 0 Å². The lowest BCUT2D eigenvalue weighted by Crippen LogP contribution is -2.47. The molecule has 2 saturated heterocycles. The third kappa shape index (κ3) is 5.27. The summed E-state index contributed by atoms with van der Waals surface area (Å²) in [6, 6.07) is 21.0. The third-order valence-electron chi connectivity index (χ3n) is 7.97. The van der Waals surface area contributed by atoms with Crippen LogP contribution in [0, 0.1) is 25.1 Å². The summed E-state index contributed by atoms with van der Waals surface area (Å²) in [6.45, 7) is 9.60. The SMILES string of the molecule is Cc1ccccc1/C=C1\CSCC2(C1=O)C(c1ccc(F)cc1)NC(C(=O)OC(C)(C)C)C2c1ccccc1C. The highest BCUT2D eigenvalue weighted by Crippen LogP contribution is 2.59. The quantitative estimate of drug-likeness (QED) is 0.277. The minimum absolute atomic E-state index is 0.0237. The number of nitrogens with one attached hydrogen (secondary N) is 1. The van der Waals surface area contributed by atoms with Gasteiger partial charge in [-0.2, -0.15) is 11.8 Å². The molecule has 4 unspecified atom stereocenters. The van der Waals surface area contributed by atoms with Gasteiger partial charge in [0.05, 0.1) is 5.41 Å². The van der Waals surface area contributed by atoms with Crippen molar-refractivity contribution in [2.24, 2.45) is 5.41 Å². The largest absolute Gasteiger partial charge is 0.459 e. The zero-order valence-corrected chi connectivity index (χ0v) is 24.5. The smallest absolute Gasteiger partial charge is 0.324 e. The average molecular weight is 558 g/mol. The molecule has 2 aliphatic rings. The van der Waals surface area contributed by atoms with Crippen molar-refractivity contribution >= 4 is 29.6 Å². The van der Waals surface area contributed by atoms with Crippen LogP contribution in [0.5, 0.6) is 0 Å². The van der Waals surface area contributed by atoms with E-state index in [4.69, 9.17) is 4.74 Å². The minimum Gasteiger partial charge on any atom is -0.459 e. The Morgan fingerprint density at radius 1 is 1.00 bits per heavy atom. The van der Waals surface area contributed by atoms with E-state index in [0.29, 0.717) is 11.5 Å². The zero-order valence-electron chi connectivity index (χ0n) is 23.7. The van der Waals surface area contributed by atoms with Gasteiger partial charge in [0.15, 0.2) is 5.78 Å². The lowest BCUT2D eigenvalue weighted by Gasteiger charge is -2.42. The molecule has 0 aromatic heterocycles. The van der Waals surface area contributed by atoms with Crippen LogP contribution in [0.3, 0.4) is 0 Å². The predicted octanol–water partition coefficient (Wildman–Crippen LogP) is 6.97. The molecule has 2 aliphatic heterocycles. The number of ketones is 1. The molecule has 2 heterocycles. The first-order chi connectivity index (χ1) is 19.0. The number of hydrogen-bond donors (Lipinski definition) is 1. The number of rotatable bonds is 4. The number of thioether (sulfide) groups is 1. The summed E-state index contributed by atoms with van der Waals surface area (Å²) in [5, 5.41) is 3.55. The topological polar surface area (TPSA) is 55.4 Å². The molecule has 208 valence electrons. The summed E-state index contributed by atoms with van der Waals surface area (Å²) in [5.41, 5.74) is 3.86. The first-order valence-electron chi connectivity index (χ1n) is 13.7. The summed E-state index contributed by atoms with van der Waals surface area (Å²) in [4.78, 5) is 28.8. The number of benzene rings is 3. The fourth-order valence-corrected chi connectivity index (χ4v) is 7.51. The molecular formula is C34H36FNO3S. The summed E-state index contributed by atoms with van der Waals surface area (Å²) >= 11 is 1.71. The van der Waals surface area contributed by atoms with Gasteiger partial charge in [-0.3, -0.25) is 14.9 Å². The molecule has 0 aliphatic carbocycles. The van der Waals surface area contributed by atoms with Crippen LogP contribution in [-0.4, -0.2) is 34.9 Å². The van der Waals surface area contributed by atoms with Crippen molar-refractivity contribution in [2.75, 3.05) is 11.5 Å². The van der Waals surface area contributed by atoms with Crippen molar-refractivity contribution in [2.45, 2.75) is 58.2 Å². The van der Waals surface area contributed by atoms with Crippen molar-refractivity contribution in [3.63, 3.8) is 0 Å². The Morgan fingerprint density at radius 3 is 2.30 bits per heavy atom. The molecule has 0 amide bonds. The third-order valence-corrected chi connectivity index (χ3v) is 9.17. The first-order valence-corrected chi connectivity index (χ1v) is 14.9. The molecule has 4 atom stereocenters. The molecule has 1 N–H and O–H groups in total. The number of aryl methyl sites for hydroxylation is 2. The Hall–Kier alpha value is -3.22. The molecule has 0 bridgehead atoms. The van der Waals surface area contributed by atoms with Gasteiger partial charge in [-0.15, -0.1) is 0 Å². The fourth-order valence-electron chi connectivity index (χ4n) is 6.16. The van der Waals surface area contributed by atoms with Gasteiger partial charge in [-0.25, -0.2) is 4.39 Å². The number of hydrogen-bond acceptors (Lipinski definition) is 5. The van der Waals surface area contributed by atoms with Crippen LogP contribution in [-0.2, 0) is 14.3 Å². The predicted molar refractivity (Wildman–Crippen MR) is 160 cm³/mol. The van der Waals surface area contributed by atoms with Gasteiger partial charge in [-0.1, -0.05) is 60.7 Å². The molecule has 3 aromatic rings. The highest BCUT2D eigenvalue weighted by atomic mass is 32.2. The normalized spacial score (nSPS) is 25.9. The van der Waals surface area contributed by atoms with Crippen LogP contribution >= 0.6 is 11.8 Å². The summed E-state index contributed by atoms with van der Waals surface area (Å²) in [7, 11) is 0. The van der Waals surface area contributed by atoms with Crippen molar-refractivity contribution in [3.05, 3.63) is 112 Å². The highest BCUT2D eigenvalue weighted by Gasteiger charge is 2.64. The number of Topliss-reactive ketones (excluding diaryl/α,β-unsaturated/α-hetero) is 1. The monoisotopic (exact) mass is 557 g/mol. The fraction of sp³-hybridized carbons (Fsp3) is 0.353. The number of carbonyl (C=O) groups excluding carboxylic acids is 2. The van der Waals surface area contributed by atoms with E-state index in [1.165, 1.54) is 12.1 Å². The van der Waals surface area contributed by atoms with Crippen molar-refractivity contribution < 1.29 is 18.7 Å². The van der Waals surface area contributed by atoms with Crippen LogP contribution in [0.25, 0.3) is 6.08 Å². The lowest BCUT2D eigenvalue weighted by molar-refractivity contribution is -0.157. The van der Waals surface area contributed by atoms with Crippen LogP contribution in [0.4, 0.5) is 4.39 Å². The number of carbonyl (C=O) groups is 2. The van der Waals surface area contributed by atoms with Crippen molar-refractivity contribution in [3.8, 4) is 0 Å². The second-order valence-electron chi connectivity index (χ2n) is 11.9. The summed E-state index contributed by atoms with van der Waals surface area (Å²) in [5.74, 6) is -0.0979. The second-order valence-corrected chi connectivity index (χ2v) is 12.9. The first kappa shape index (κ1) is 28.3. The summed E-state index contributed by atoms with van der Waals surface area (Å²) in [6.07, 6.45) is 2.00. The van der Waals surface area contributed by atoms with Crippen LogP contribution in [0.1, 0.15) is 60.5 Å². The average Bonchev–Trinajstić information content (AvgIpc) is 3.23. The Morgan fingerprint density at radius 2 is 1.65 bits per heavy atom. The molecule has 4 nitrogen and oxygen atoms in total. The van der Waals surface area contributed by atoms with Gasteiger partial charge in [0.1, 0.15) is 17.5 Å². The van der Waals surface area contributed by atoms with E-state index in [1.807, 2.05) is 89.2 Å². The highest BCUT2D eigenvalue weighted by molar-refractivity contribution is 7.99. The molecular weight excluding hydrogens is 521 g/mol. The van der Waals surface area contributed by atoms with Crippen molar-refractivity contribution in [1.29, 1.82) is 0 Å². The van der Waals surface area contributed by atoms with E-state index in [9.17, 15) is 14.0 Å². The molecule has 1 spiro atoms. The molecule has 5 rings (SSSR count). The van der Waals surface area contributed by atoms with E-state index in [-0.39, 0.29) is 11.6 Å². The lowest BCUT2D eigenvalue weighted by atomic mass is 9.63. The molecule has 0 saturated carbocycles. The van der Waals surface area contributed by atoms with E-state index in [1.54, 1.807) is 23.9 Å². The molecule has 2 fully saturated rings. The van der Waals surface area contributed by atoms with Gasteiger partial charge < -0.3 is 4.74 Å². The molecule has 40 heavy (non-hydrogen) atoms. The van der Waals surface area contributed by atoms with E-state index in [2.05, 4.69) is 5.32 Å². The van der Waals surface area contributed by atoms with E-state index >= 15 is 0 Å². The van der Waals surface area contributed by atoms with Gasteiger partial charge in [0, 0.05) is 29.0 Å². The van der Waals surface area contributed by atoms with E-state index < -0.39 is 35.0 Å². The minimum atomic E-state index is -0.997. The molecule has 3 aromatic carbocycles. The van der Waals surface area contributed by atoms with Gasteiger partial charge in [-0.05, 0) is 80.6 Å². The van der Waals surface area contributed by atoms with Crippen LogP contribution in [0.2, 0.25) is 0 Å². The molecule has 0 radical (unpaired) electrons. The molecule has 6 heteroatoms. The Labute approximate surface area is 240 Å². The van der Waals surface area contributed by atoms with E-state index in [0.717, 1.165) is 33.4 Å². The Bertz CT molecular complexity index is 1460. The maximum absolute atomic E-state index is 14.9. The number of halogens is 1. The second kappa shape index (κ2) is 11.0. The maximum atomic E-state index is 14.9. The Kier molecular flexibility index (Phi) is 7.77. The van der Waals surface area contributed by atoms with Gasteiger partial charge in [0.25, 0.3) is 0 Å². The van der Waals surface area contributed by atoms with Crippen LogP contribution < -0.4 is 5.32 Å². The number of esters is 1. The maximum Gasteiger partial charge on any atom is 0.324 e. The Balaban J connectivity index is 1.73. The van der Waals surface area contributed by atoms with Gasteiger partial charge >= 0.3 is 5.97 Å². The summed E-state index contributed by atoms with van der Waals surface area (Å²) < 4.78 is 20.0. The standard InChI is InChI=1S/C34H36FNO3S/c1-21-10-6-8-12-24(21)18-25-19-40-20-34(31(25)37)28(27-13-9-7-11-22(27)2)29(32(38)39-33(3,4)5)36-30(34)23-14-16-26(35)17-15-23/h6-18,28-30,36H,19-20H2,1-5H3/b25-18+. The number of ether oxygens (including phenoxy) is 1.